The molecule has 132 valence electrons. The van der Waals surface area contributed by atoms with Crippen molar-refractivity contribution in [2.45, 2.75) is 19.6 Å². The fraction of sp³-hybridized carbons (Fsp3) is 0.235. The van der Waals surface area contributed by atoms with Crippen LogP contribution in [-0.4, -0.2) is 30.1 Å². The number of amides is 1. The third-order valence-corrected chi connectivity index (χ3v) is 4.00. The van der Waals surface area contributed by atoms with Crippen molar-refractivity contribution in [3.8, 4) is 5.75 Å². The first-order valence-electron chi connectivity index (χ1n) is 7.33. The van der Waals surface area contributed by atoms with Gasteiger partial charge < -0.3 is 14.8 Å². The van der Waals surface area contributed by atoms with Crippen LogP contribution in [0.4, 0.5) is 0 Å². The van der Waals surface area contributed by atoms with E-state index in [1.54, 1.807) is 37.3 Å². The third-order valence-electron chi connectivity index (χ3n) is 3.26. The Morgan fingerprint density at radius 2 is 1.96 bits per heavy atom. The summed E-state index contributed by atoms with van der Waals surface area (Å²) in [4.78, 5) is 27.5. The number of methoxy groups -OCH3 is 1. The van der Waals surface area contributed by atoms with Gasteiger partial charge in [-0.3, -0.25) is 9.78 Å². The van der Waals surface area contributed by atoms with Crippen LogP contribution in [0.3, 0.4) is 0 Å². The highest BCUT2D eigenvalue weighted by atomic mass is 35.5. The van der Waals surface area contributed by atoms with Crippen molar-refractivity contribution in [3.05, 3.63) is 57.8 Å². The van der Waals surface area contributed by atoms with E-state index in [4.69, 9.17) is 27.9 Å². The van der Waals surface area contributed by atoms with Gasteiger partial charge in [-0.05, 0) is 31.2 Å². The highest BCUT2D eigenvalue weighted by molar-refractivity contribution is 6.42. The van der Waals surface area contributed by atoms with Crippen molar-refractivity contribution in [2.75, 3.05) is 7.11 Å². The largest absolute Gasteiger partial charge is 0.481 e. The zero-order valence-electron chi connectivity index (χ0n) is 13.6. The molecule has 0 saturated carbocycles. The lowest BCUT2D eigenvalue weighted by molar-refractivity contribution is -0.127. The third kappa shape index (κ3) is 5.34. The lowest BCUT2D eigenvalue weighted by Gasteiger charge is -2.15. The summed E-state index contributed by atoms with van der Waals surface area (Å²) in [6, 6.07) is 7.98. The Labute approximate surface area is 155 Å². The second-order valence-corrected chi connectivity index (χ2v) is 5.90. The van der Waals surface area contributed by atoms with E-state index in [-0.39, 0.29) is 12.5 Å². The van der Waals surface area contributed by atoms with Gasteiger partial charge in [-0.2, -0.15) is 0 Å². The van der Waals surface area contributed by atoms with Gasteiger partial charge in [0.05, 0.1) is 35.0 Å². The molecule has 0 saturated heterocycles. The summed E-state index contributed by atoms with van der Waals surface area (Å²) in [5.41, 5.74) is 0.941. The monoisotopic (exact) mass is 382 g/mol. The maximum absolute atomic E-state index is 12.1. The summed E-state index contributed by atoms with van der Waals surface area (Å²) in [6.07, 6.45) is 0.662. The minimum atomic E-state index is -0.730. The molecule has 0 fully saturated rings. The number of esters is 1. The standard InChI is InChI=1S/C17H16Cl2N2O4/c1-10(25-13-5-6-14(18)15(19)7-13)16(22)21-9-12-4-3-11(8-20-12)17(23)24-2/h3-8,10H,9H2,1-2H3,(H,21,22)/t10-/m1/s1. The van der Waals surface area contributed by atoms with Crippen LogP contribution < -0.4 is 10.1 Å². The molecule has 0 aliphatic carbocycles. The van der Waals surface area contributed by atoms with Crippen molar-refractivity contribution >= 4 is 35.1 Å². The highest BCUT2D eigenvalue weighted by Crippen LogP contribution is 2.26. The smallest absolute Gasteiger partial charge is 0.339 e. The molecular formula is C17H16Cl2N2O4. The van der Waals surface area contributed by atoms with Crippen molar-refractivity contribution in [2.24, 2.45) is 0 Å². The number of nitrogens with zero attached hydrogens (tertiary/aromatic N) is 1. The zero-order chi connectivity index (χ0) is 18.4. The second kappa shape index (κ2) is 8.69. The summed E-state index contributed by atoms with van der Waals surface area (Å²) in [7, 11) is 1.30. The summed E-state index contributed by atoms with van der Waals surface area (Å²) in [6.45, 7) is 1.82. The maximum atomic E-state index is 12.1. The molecule has 0 radical (unpaired) electrons. The number of carbonyl (C=O) groups excluding carboxylic acids is 2. The second-order valence-electron chi connectivity index (χ2n) is 5.08. The van der Waals surface area contributed by atoms with Gasteiger partial charge in [-0.1, -0.05) is 23.2 Å². The van der Waals surface area contributed by atoms with Crippen molar-refractivity contribution in [1.29, 1.82) is 0 Å². The molecule has 0 bridgehead atoms. The summed E-state index contributed by atoms with van der Waals surface area (Å²) >= 11 is 11.7. The quantitative estimate of drug-likeness (QED) is 0.775. The number of halogens is 2. The lowest BCUT2D eigenvalue weighted by Crippen LogP contribution is -2.36. The minimum Gasteiger partial charge on any atom is -0.481 e. The summed E-state index contributed by atoms with van der Waals surface area (Å²) in [5.74, 6) is -0.339. The molecule has 1 atom stereocenters. The van der Waals surface area contributed by atoms with Crippen LogP contribution in [0.15, 0.2) is 36.5 Å². The summed E-state index contributed by atoms with van der Waals surface area (Å²) in [5, 5.41) is 3.46. The van der Waals surface area contributed by atoms with E-state index < -0.39 is 12.1 Å². The van der Waals surface area contributed by atoms with Gasteiger partial charge in [-0.25, -0.2) is 4.79 Å². The molecule has 0 aliphatic heterocycles. The van der Waals surface area contributed by atoms with Crippen LogP contribution in [0.5, 0.6) is 5.75 Å². The molecule has 2 rings (SSSR count). The lowest BCUT2D eigenvalue weighted by atomic mass is 10.2. The molecule has 25 heavy (non-hydrogen) atoms. The Hall–Kier alpha value is -2.31. The average Bonchev–Trinajstić information content (AvgIpc) is 2.62. The molecule has 0 spiro atoms. The number of rotatable bonds is 6. The topological polar surface area (TPSA) is 77.5 Å². The van der Waals surface area contributed by atoms with Gasteiger partial charge in [-0.15, -0.1) is 0 Å². The SMILES string of the molecule is COC(=O)c1ccc(CNC(=O)[C@@H](C)Oc2ccc(Cl)c(Cl)c2)nc1. The molecule has 0 unspecified atom stereocenters. The fourth-order valence-electron chi connectivity index (χ4n) is 1.90. The first-order valence-corrected chi connectivity index (χ1v) is 8.09. The molecule has 6 nitrogen and oxygen atoms in total. The molecule has 8 heteroatoms. The molecule has 0 aliphatic rings. The molecule has 1 amide bonds. The van der Waals surface area contributed by atoms with Crippen LogP contribution in [-0.2, 0) is 16.1 Å². The van der Waals surface area contributed by atoms with Gasteiger partial charge in [0.15, 0.2) is 6.10 Å². The van der Waals surface area contributed by atoms with Gasteiger partial charge >= 0.3 is 5.97 Å². The Kier molecular flexibility index (Phi) is 6.61. The van der Waals surface area contributed by atoms with E-state index in [0.717, 1.165) is 0 Å². The number of hydrogen-bond donors (Lipinski definition) is 1. The first kappa shape index (κ1) is 19.0. The normalized spacial score (nSPS) is 11.5. The number of ether oxygens (including phenoxy) is 2. The van der Waals surface area contributed by atoms with Crippen LogP contribution in [0.2, 0.25) is 10.0 Å². The van der Waals surface area contributed by atoms with E-state index in [0.29, 0.717) is 27.1 Å². The van der Waals surface area contributed by atoms with Crippen LogP contribution in [0.25, 0.3) is 0 Å². The predicted octanol–water partition coefficient (Wildman–Crippen LogP) is 3.26. The number of hydrogen-bond acceptors (Lipinski definition) is 5. The van der Waals surface area contributed by atoms with E-state index in [1.807, 2.05) is 0 Å². The summed E-state index contributed by atoms with van der Waals surface area (Å²) < 4.78 is 10.1. The molecule has 1 N–H and O–H groups in total. The molecular weight excluding hydrogens is 367 g/mol. The first-order chi connectivity index (χ1) is 11.9. The van der Waals surface area contributed by atoms with Gasteiger partial charge in [0, 0.05) is 12.3 Å². The van der Waals surface area contributed by atoms with Crippen LogP contribution in [0.1, 0.15) is 23.0 Å². The van der Waals surface area contributed by atoms with Crippen LogP contribution >= 0.6 is 23.2 Å². The molecule has 1 aromatic carbocycles. The van der Waals surface area contributed by atoms with Crippen molar-refractivity contribution in [1.82, 2.24) is 10.3 Å². The van der Waals surface area contributed by atoms with Gasteiger partial charge in [0.1, 0.15) is 5.75 Å². The van der Waals surface area contributed by atoms with Crippen LogP contribution in [0, 0.1) is 0 Å². The number of nitrogens with one attached hydrogen (secondary N) is 1. The van der Waals surface area contributed by atoms with Gasteiger partial charge in [0.2, 0.25) is 0 Å². The maximum Gasteiger partial charge on any atom is 0.339 e. The number of carbonyl (C=O) groups is 2. The Balaban J connectivity index is 1.88. The number of benzene rings is 1. The van der Waals surface area contributed by atoms with E-state index >= 15 is 0 Å². The highest BCUT2D eigenvalue weighted by Gasteiger charge is 2.15. The molecule has 1 heterocycles. The zero-order valence-corrected chi connectivity index (χ0v) is 15.1. The predicted molar refractivity (Wildman–Crippen MR) is 94.0 cm³/mol. The molecule has 2 aromatic rings. The Bertz CT molecular complexity index is 766. The van der Waals surface area contributed by atoms with Crippen molar-refractivity contribution in [3.63, 3.8) is 0 Å². The minimum absolute atomic E-state index is 0.204. The average molecular weight is 383 g/mol. The fourth-order valence-corrected chi connectivity index (χ4v) is 2.18. The number of pyridine rings is 1. The Morgan fingerprint density at radius 1 is 1.20 bits per heavy atom. The van der Waals surface area contributed by atoms with E-state index in [1.165, 1.54) is 13.3 Å². The van der Waals surface area contributed by atoms with E-state index in [9.17, 15) is 9.59 Å². The van der Waals surface area contributed by atoms with E-state index in [2.05, 4.69) is 15.0 Å². The van der Waals surface area contributed by atoms with Crippen molar-refractivity contribution < 1.29 is 19.1 Å². The number of aromatic nitrogens is 1. The van der Waals surface area contributed by atoms with Gasteiger partial charge in [0.25, 0.3) is 5.91 Å². The Morgan fingerprint density at radius 3 is 2.56 bits per heavy atom. The molecule has 1 aromatic heterocycles.